The summed E-state index contributed by atoms with van der Waals surface area (Å²) >= 11 is 6.04. The first-order chi connectivity index (χ1) is 13.4. The first kappa shape index (κ1) is 19.5. The number of methoxy groups -OCH3 is 1. The average Bonchev–Trinajstić information content (AvgIpc) is 3.13. The highest BCUT2D eigenvalue weighted by Crippen LogP contribution is 2.40. The number of aryl methyl sites for hydroxylation is 1. The molecule has 28 heavy (non-hydrogen) atoms. The average molecular weight is 418 g/mol. The van der Waals surface area contributed by atoms with E-state index in [0.29, 0.717) is 29.8 Å². The van der Waals surface area contributed by atoms with Crippen LogP contribution in [0.5, 0.6) is 5.75 Å². The van der Waals surface area contributed by atoms with Crippen molar-refractivity contribution in [1.82, 2.24) is 4.31 Å². The van der Waals surface area contributed by atoms with Crippen LogP contribution >= 0.6 is 11.6 Å². The zero-order valence-corrected chi connectivity index (χ0v) is 17.7. The molecule has 0 unspecified atom stereocenters. The fourth-order valence-corrected chi connectivity index (χ4v) is 6.24. The fraction of sp³-hybridized carbons (Fsp3) is 0.364. The molecule has 0 amide bonds. The zero-order chi connectivity index (χ0) is 19.9. The number of benzene rings is 2. The molecule has 0 N–H and O–H groups in total. The van der Waals surface area contributed by atoms with Crippen molar-refractivity contribution in [3.05, 3.63) is 64.2 Å². The van der Waals surface area contributed by atoms with Gasteiger partial charge in [0.25, 0.3) is 0 Å². The van der Waals surface area contributed by atoms with E-state index in [9.17, 15) is 8.42 Å². The molecule has 2 aliphatic rings. The standard InChI is InChI=1S/C22H24ClNO3S/c1-15-4-3-5-20-18(15)7-8-19(20)16-10-12-24(13-11-16)28(25,26)22-14-17(23)6-9-21(22)27-2/h3-6,8-9,14,16H,7,10-13H2,1-2H3. The van der Waals surface area contributed by atoms with Crippen LogP contribution in [0.3, 0.4) is 0 Å². The van der Waals surface area contributed by atoms with Gasteiger partial charge in [-0.3, -0.25) is 0 Å². The van der Waals surface area contributed by atoms with E-state index in [4.69, 9.17) is 16.3 Å². The van der Waals surface area contributed by atoms with Gasteiger partial charge in [0.2, 0.25) is 10.0 Å². The molecule has 1 aliphatic carbocycles. The smallest absolute Gasteiger partial charge is 0.246 e. The first-order valence-electron chi connectivity index (χ1n) is 9.54. The van der Waals surface area contributed by atoms with Crippen LogP contribution in [-0.4, -0.2) is 32.9 Å². The number of hydrogen-bond donors (Lipinski definition) is 0. The van der Waals surface area contributed by atoms with Gasteiger partial charge in [0.1, 0.15) is 10.6 Å². The Morgan fingerprint density at radius 1 is 1.14 bits per heavy atom. The summed E-state index contributed by atoms with van der Waals surface area (Å²) in [6.07, 6.45) is 4.95. The maximum absolute atomic E-state index is 13.2. The van der Waals surface area contributed by atoms with E-state index in [2.05, 4.69) is 31.2 Å². The summed E-state index contributed by atoms with van der Waals surface area (Å²) in [6.45, 7) is 3.16. The molecular formula is C22H24ClNO3S. The minimum atomic E-state index is -3.64. The Hall–Kier alpha value is -1.82. The predicted molar refractivity (Wildman–Crippen MR) is 112 cm³/mol. The van der Waals surface area contributed by atoms with E-state index in [0.717, 1.165) is 19.3 Å². The summed E-state index contributed by atoms with van der Waals surface area (Å²) in [5, 5.41) is 0.386. The number of hydrogen-bond acceptors (Lipinski definition) is 3. The molecule has 4 nitrogen and oxygen atoms in total. The summed E-state index contributed by atoms with van der Waals surface area (Å²) in [6, 6.07) is 11.2. The molecule has 0 spiro atoms. The van der Waals surface area contributed by atoms with E-state index < -0.39 is 10.0 Å². The number of halogens is 1. The minimum absolute atomic E-state index is 0.141. The van der Waals surface area contributed by atoms with Gasteiger partial charge in [-0.1, -0.05) is 35.9 Å². The Morgan fingerprint density at radius 3 is 2.61 bits per heavy atom. The van der Waals surface area contributed by atoms with Crippen LogP contribution in [0.1, 0.15) is 29.5 Å². The third-order valence-electron chi connectivity index (χ3n) is 5.88. The molecule has 0 radical (unpaired) electrons. The maximum atomic E-state index is 13.2. The summed E-state index contributed by atoms with van der Waals surface area (Å²) in [7, 11) is -2.16. The largest absolute Gasteiger partial charge is 0.495 e. The van der Waals surface area contributed by atoms with Gasteiger partial charge >= 0.3 is 0 Å². The Morgan fingerprint density at radius 2 is 1.89 bits per heavy atom. The van der Waals surface area contributed by atoms with Crippen LogP contribution in [0.15, 0.2) is 47.4 Å². The lowest BCUT2D eigenvalue weighted by atomic mass is 9.86. The number of sulfonamides is 1. The van der Waals surface area contributed by atoms with Crippen LogP contribution in [0.25, 0.3) is 5.57 Å². The summed E-state index contributed by atoms with van der Waals surface area (Å²) in [5.74, 6) is 0.727. The SMILES string of the molecule is COc1ccc(Cl)cc1S(=O)(=O)N1CCC(C2=CCc3c(C)cccc32)CC1. The predicted octanol–water partition coefficient (Wildman–Crippen LogP) is 4.70. The molecule has 148 valence electrons. The van der Waals surface area contributed by atoms with Gasteiger partial charge in [-0.2, -0.15) is 4.31 Å². The lowest BCUT2D eigenvalue weighted by Gasteiger charge is -2.32. The maximum Gasteiger partial charge on any atom is 0.246 e. The molecule has 0 atom stereocenters. The van der Waals surface area contributed by atoms with Crippen LogP contribution in [0, 0.1) is 12.8 Å². The van der Waals surface area contributed by atoms with Crippen molar-refractivity contribution >= 4 is 27.2 Å². The molecule has 1 saturated heterocycles. The van der Waals surface area contributed by atoms with E-state index in [1.165, 1.54) is 35.4 Å². The van der Waals surface area contributed by atoms with Crippen molar-refractivity contribution < 1.29 is 13.2 Å². The van der Waals surface area contributed by atoms with Crippen molar-refractivity contribution in [2.24, 2.45) is 5.92 Å². The molecule has 2 aromatic carbocycles. The molecular weight excluding hydrogens is 394 g/mol. The summed E-state index contributed by atoms with van der Waals surface area (Å²) < 4.78 is 33.1. The Balaban J connectivity index is 1.53. The highest BCUT2D eigenvalue weighted by atomic mass is 35.5. The molecule has 0 aromatic heterocycles. The van der Waals surface area contributed by atoms with Crippen LogP contribution < -0.4 is 4.74 Å². The Kier molecular flexibility index (Phi) is 5.25. The lowest BCUT2D eigenvalue weighted by molar-refractivity contribution is 0.309. The van der Waals surface area contributed by atoms with Crippen LogP contribution in [0.4, 0.5) is 0 Å². The lowest BCUT2D eigenvalue weighted by Crippen LogP contribution is -2.38. The van der Waals surface area contributed by atoms with Crippen LogP contribution in [-0.2, 0) is 16.4 Å². The second kappa shape index (κ2) is 7.54. The van der Waals surface area contributed by atoms with Gasteiger partial charge in [0, 0.05) is 18.1 Å². The minimum Gasteiger partial charge on any atom is -0.495 e. The highest BCUT2D eigenvalue weighted by molar-refractivity contribution is 7.89. The molecule has 1 aliphatic heterocycles. The molecule has 4 rings (SSSR count). The highest BCUT2D eigenvalue weighted by Gasteiger charge is 2.34. The van der Waals surface area contributed by atoms with E-state index in [1.807, 2.05) is 0 Å². The molecule has 1 fully saturated rings. The quantitative estimate of drug-likeness (QED) is 0.724. The molecule has 6 heteroatoms. The monoisotopic (exact) mass is 417 g/mol. The number of piperidine rings is 1. The topological polar surface area (TPSA) is 46.6 Å². The third-order valence-corrected chi connectivity index (χ3v) is 8.04. The van der Waals surface area contributed by atoms with Crippen molar-refractivity contribution in [1.29, 1.82) is 0 Å². The normalized spacial score (nSPS) is 18.0. The Labute approximate surface area is 171 Å². The number of nitrogens with zero attached hydrogens (tertiary/aromatic N) is 1. The summed E-state index contributed by atoms with van der Waals surface area (Å²) in [4.78, 5) is 0.141. The van der Waals surface area contributed by atoms with Crippen molar-refractivity contribution in [3.8, 4) is 5.75 Å². The van der Waals surface area contributed by atoms with Gasteiger partial charge in [-0.25, -0.2) is 8.42 Å². The third kappa shape index (κ3) is 3.36. The second-order valence-corrected chi connectivity index (χ2v) is 9.78. The zero-order valence-electron chi connectivity index (χ0n) is 16.1. The van der Waals surface area contributed by atoms with Crippen molar-refractivity contribution in [2.45, 2.75) is 31.1 Å². The number of ether oxygens (including phenoxy) is 1. The summed E-state index contributed by atoms with van der Waals surface area (Å²) in [5.41, 5.74) is 5.47. The van der Waals surface area contributed by atoms with Crippen LogP contribution in [0.2, 0.25) is 5.02 Å². The number of rotatable bonds is 4. The van der Waals surface area contributed by atoms with Gasteiger partial charge in [0.05, 0.1) is 7.11 Å². The number of fused-ring (bicyclic) bond motifs is 1. The first-order valence-corrected chi connectivity index (χ1v) is 11.4. The van der Waals surface area contributed by atoms with Crippen molar-refractivity contribution in [2.75, 3.05) is 20.2 Å². The molecule has 0 bridgehead atoms. The number of allylic oxidation sites excluding steroid dienone is 2. The van der Waals surface area contributed by atoms with Gasteiger partial charge in [0.15, 0.2) is 0 Å². The van der Waals surface area contributed by atoms with E-state index >= 15 is 0 Å². The molecule has 1 heterocycles. The van der Waals surface area contributed by atoms with Gasteiger partial charge < -0.3 is 4.74 Å². The van der Waals surface area contributed by atoms with Crippen molar-refractivity contribution in [3.63, 3.8) is 0 Å². The fourth-order valence-electron chi connectivity index (χ4n) is 4.35. The van der Waals surface area contributed by atoms with E-state index in [1.54, 1.807) is 16.4 Å². The molecule has 0 saturated carbocycles. The molecule has 2 aromatic rings. The Bertz CT molecular complexity index is 1040. The van der Waals surface area contributed by atoms with E-state index in [-0.39, 0.29) is 4.90 Å². The van der Waals surface area contributed by atoms with Gasteiger partial charge in [-0.05, 0) is 72.6 Å². The second-order valence-electron chi connectivity index (χ2n) is 7.44. The van der Waals surface area contributed by atoms with Gasteiger partial charge in [-0.15, -0.1) is 0 Å².